The molecule has 0 atom stereocenters. The maximum absolute atomic E-state index is 13.5. The summed E-state index contributed by atoms with van der Waals surface area (Å²) in [4.78, 5) is 23.3. The molecule has 1 aromatic rings. The number of unbranched alkanes of at least 4 members (excludes halogenated alkanes) is 2. The van der Waals surface area contributed by atoms with Crippen LogP contribution >= 0.6 is 0 Å². The summed E-state index contributed by atoms with van der Waals surface area (Å²) in [6, 6.07) is 1.84. The number of ketones is 2. The van der Waals surface area contributed by atoms with Crippen molar-refractivity contribution in [3.63, 3.8) is 0 Å². The molecule has 0 aromatic heterocycles. The van der Waals surface area contributed by atoms with Crippen LogP contribution < -0.4 is 0 Å². The summed E-state index contributed by atoms with van der Waals surface area (Å²) in [7, 11) is 0. The molecule has 1 aromatic carbocycles. The van der Waals surface area contributed by atoms with Gasteiger partial charge in [0.05, 0.1) is 12.0 Å². The van der Waals surface area contributed by atoms with Crippen molar-refractivity contribution in [1.82, 2.24) is 0 Å². The fourth-order valence-electron chi connectivity index (χ4n) is 1.79. The highest BCUT2D eigenvalue weighted by molar-refractivity contribution is 6.08. The standard InChI is InChI=1S/C15H18F2O2/c1-3-4-5-6-11(18)8-15(19)12-9-13(16)10(2)7-14(12)17/h7,9H,3-6,8H2,1-2H3. The smallest absolute Gasteiger partial charge is 0.173 e. The monoisotopic (exact) mass is 268 g/mol. The highest BCUT2D eigenvalue weighted by Gasteiger charge is 2.17. The van der Waals surface area contributed by atoms with Crippen LogP contribution in [0.25, 0.3) is 0 Å². The van der Waals surface area contributed by atoms with Crippen molar-refractivity contribution in [2.75, 3.05) is 0 Å². The Morgan fingerprint density at radius 2 is 1.79 bits per heavy atom. The number of Topliss-reactive ketones (excluding diaryl/α,β-unsaturated/α-hetero) is 2. The fourth-order valence-corrected chi connectivity index (χ4v) is 1.79. The molecule has 0 aliphatic carbocycles. The van der Waals surface area contributed by atoms with Gasteiger partial charge < -0.3 is 0 Å². The predicted molar refractivity (Wildman–Crippen MR) is 69.2 cm³/mol. The number of halogens is 2. The molecule has 0 fully saturated rings. The van der Waals surface area contributed by atoms with Crippen molar-refractivity contribution in [2.24, 2.45) is 0 Å². The topological polar surface area (TPSA) is 34.1 Å². The summed E-state index contributed by atoms with van der Waals surface area (Å²) in [5.41, 5.74) is -0.199. The van der Waals surface area contributed by atoms with Gasteiger partial charge in [0.15, 0.2) is 5.78 Å². The minimum absolute atomic E-state index is 0.142. The first-order valence-electron chi connectivity index (χ1n) is 6.46. The first-order chi connectivity index (χ1) is 8.95. The highest BCUT2D eigenvalue weighted by atomic mass is 19.1. The van der Waals surface area contributed by atoms with Gasteiger partial charge >= 0.3 is 0 Å². The van der Waals surface area contributed by atoms with Gasteiger partial charge in [0.1, 0.15) is 17.4 Å². The number of hydrogen-bond acceptors (Lipinski definition) is 2. The quantitative estimate of drug-likeness (QED) is 0.425. The number of carbonyl (C=O) groups is 2. The van der Waals surface area contributed by atoms with E-state index in [1.165, 1.54) is 6.92 Å². The molecule has 0 saturated heterocycles. The van der Waals surface area contributed by atoms with Crippen molar-refractivity contribution in [3.05, 3.63) is 34.9 Å². The van der Waals surface area contributed by atoms with Gasteiger partial charge in [-0.25, -0.2) is 8.78 Å². The molecule has 0 heterocycles. The minimum Gasteiger partial charge on any atom is -0.299 e. The molecule has 0 amide bonds. The van der Waals surface area contributed by atoms with E-state index >= 15 is 0 Å². The molecule has 1 rings (SSSR count). The lowest BCUT2D eigenvalue weighted by Gasteiger charge is -2.04. The molecule has 0 radical (unpaired) electrons. The number of rotatable bonds is 7. The molecule has 104 valence electrons. The first-order valence-corrected chi connectivity index (χ1v) is 6.46. The van der Waals surface area contributed by atoms with Crippen LogP contribution in [0.1, 0.15) is 54.9 Å². The zero-order chi connectivity index (χ0) is 14.4. The van der Waals surface area contributed by atoms with Crippen LogP contribution in [0.2, 0.25) is 0 Å². The summed E-state index contributed by atoms with van der Waals surface area (Å²) in [5.74, 6) is -2.29. The second-order valence-electron chi connectivity index (χ2n) is 4.68. The number of hydrogen-bond donors (Lipinski definition) is 0. The van der Waals surface area contributed by atoms with E-state index in [0.29, 0.717) is 6.42 Å². The third kappa shape index (κ3) is 4.54. The maximum atomic E-state index is 13.5. The average Bonchev–Trinajstić information content (AvgIpc) is 2.34. The molecule has 4 heteroatoms. The SMILES string of the molecule is CCCCCC(=O)CC(=O)c1cc(F)c(C)cc1F. The van der Waals surface area contributed by atoms with Crippen molar-refractivity contribution in [1.29, 1.82) is 0 Å². The molecular formula is C15H18F2O2. The summed E-state index contributed by atoms with van der Waals surface area (Å²) in [6.07, 6.45) is 2.60. The number of benzene rings is 1. The molecule has 0 spiro atoms. The third-order valence-corrected chi connectivity index (χ3v) is 2.97. The zero-order valence-corrected chi connectivity index (χ0v) is 11.3. The Morgan fingerprint density at radius 1 is 1.11 bits per heavy atom. The normalized spacial score (nSPS) is 10.5. The van der Waals surface area contributed by atoms with Crippen LogP contribution in [0.4, 0.5) is 8.78 Å². The second-order valence-corrected chi connectivity index (χ2v) is 4.68. The molecule has 2 nitrogen and oxygen atoms in total. The molecule has 19 heavy (non-hydrogen) atoms. The third-order valence-electron chi connectivity index (χ3n) is 2.97. The average molecular weight is 268 g/mol. The molecule has 0 aliphatic heterocycles. The zero-order valence-electron chi connectivity index (χ0n) is 11.3. The highest BCUT2D eigenvalue weighted by Crippen LogP contribution is 2.16. The lowest BCUT2D eigenvalue weighted by molar-refractivity contribution is -0.118. The summed E-state index contributed by atoms with van der Waals surface area (Å²) in [6.45, 7) is 3.43. The fraction of sp³-hybridized carbons (Fsp3) is 0.467. The summed E-state index contributed by atoms with van der Waals surface area (Å²) < 4.78 is 26.8. The van der Waals surface area contributed by atoms with Crippen LogP contribution in [0.5, 0.6) is 0 Å². The van der Waals surface area contributed by atoms with Gasteiger partial charge in [-0.3, -0.25) is 9.59 Å². The Morgan fingerprint density at radius 3 is 2.42 bits per heavy atom. The second kappa shape index (κ2) is 7.12. The maximum Gasteiger partial charge on any atom is 0.173 e. The van der Waals surface area contributed by atoms with Gasteiger partial charge in [-0.2, -0.15) is 0 Å². The van der Waals surface area contributed by atoms with Gasteiger partial charge in [0, 0.05) is 6.42 Å². The van der Waals surface area contributed by atoms with Gasteiger partial charge in [-0.05, 0) is 31.0 Å². The van der Waals surface area contributed by atoms with E-state index in [-0.39, 0.29) is 23.3 Å². The van der Waals surface area contributed by atoms with E-state index in [1.807, 2.05) is 6.92 Å². The van der Waals surface area contributed by atoms with Crippen molar-refractivity contribution < 1.29 is 18.4 Å². The van der Waals surface area contributed by atoms with E-state index < -0.39 is 17.4 Å². The molecule has 0 N–H and O–H groups in total. The Hall–Kier alpha value is -1.58. The summed E-state index contributed by atoms with van der Waals surface area (Å²) in [5, 5.41) is 0. The van der Waals surface area contributed by atoms with Crippen LogP contribution in [0.15, 0.2) is 12.1 Å². The van der Waals surface area contributed by atoms with E-state index in [0.717, 1.165) is 31.4 Å². The van der Waals surface area contributed by atoms with E-state index in [2.05, 4.69) is 0 Å². The van der Waals surface area contributed by atoms with Gasteiger partial charge in [0.25, 0.3) is 0 Å². The molecule has 0 bridgehead atoms. The van der Waals surface area contributed by atoms with E-state index in [9.17, 15) is 18.4 Å². The molecule has 0 aliphatic rings. The molecule has 0 unspecified atom stereocenters. The van der Waals surface area contributed by atoms with E-state index in [4.69, 9.17) is 0 Å². The lowest BCUT2D eigenvalue weighted by Crippen LogP contribution is -2.10. The Kier molecular flexibility index (Phi) is 5.80. The Balaban J connectivity index is 2.68. The van der Waals surface area contributed by atoms with Crippen LogP contribution in [-0.4, -0.2) is 11.6 Å². The largest absolute Gasteiger partial charge is 0.299 e. The van der Waals surface area contributed by atoms with E-state index in [1.54, 1.807) is 0 Å². The number of aryl methyl sites for hydroxylation is 1. The van der Waals surface area contributed by atoms with Gasteiger partial charge in [0.2, 0.25) is 0 Å². The molecular weight excluding hydrogens is 250 g/mol. The van der Waals surface area contributed by atoms with Crippen LogP contribution in [-0.2, 0) is 4.79 Å². The van der Waals surface area contributed by atoms with Gasteiger partial charge in [-0.1, -0.05) is 19.8 Å². The van der Waals surface area contributed by atoms with Crippen LogP contribution in [0.3, 0.4) is 0 Å². The van der Waals surface area contributed by atoms with Crippen LogP contribution in [0, 0.1) is 18.6 Å². The Labute approximate surface area is 111 Å². The van der Waals surface area contributed by atoms with Crippen molar-refractivity contribution in [3.8, 4) is 0 Å². The van der Waals surface area contributed by atoms with Gasteiger partial charge in [-0.15, -0.1) is 0 Å². The predicted octanol–water partition coefficient (Wildman–Crippen LogP) is 4.00. The Bertz CT molecular complexity index is 481. The minimum atomic E-state index is -0.773. The van der Waals surface area contributed by atoms with Crippen molar-refractivity contribution in [2.45, 2.75) is 46.0 Å². The molecule has 0 saturated carbocycles. The summed E-state index contributed by atoms with van der Waals surface area (Å²) >= 11 is 0. The lowest BCUT2D eigenvalue weighted by atomic mass is 10.0. The van der Waals surface area contributed by atoms with Crippen molar-refractivity contribution >= 4 is 11.6 Å². The number of carbonyl (C=O) groups excluding carboxylic acids is 2. The first kappa shape index (κ1) is 15.5.